The number of carbonyl (C=O) groups excluding carboxylic acids is 9. The first-order valence-corrected chi connectivity index (χ1v) is 41.2. The highest BCUT2D eigenvalue weighted by Gasteiger charge is 2.49. The number of likely N-dealkylation sites (N-methyl/N-ethyl adjacent to an activating group) is 2. The van der Waals surface area contributed by atoms with Crippen LogP contribution in [0.4, 0.5) is 0 Å². The Morgan fingerprint density at radius 2 is 1.08 bits per heavy atom. The molecule has 7 heterocycles. The van der Waals surface area contributed by atoms with E-state index in [1.807, 2.05) is 42.5 Å². The molecular weight excluding hydrogens is 1530 g/mol. The van der Waals surface area contributed by atoms with Crippen molar-refractivity contribution in [1.82, 2.24) is 72.1 Å². The summed E-state index contributed by atoms with van der Waals surface area (Å²) < 4.78 is 49.4. The summed E-state index contributed by atoms with van der Waals surface area (Å²) >= 11 is 0. The monoisotopic (exact) mass is 1640 g/mol. The van der Waals surface area contributed by atoms with Crippen LogP contribution in [0.2, 0.25) is 0 Å². The van der Waals surface area contributed by atoms with E-state index in [9.17, 15) is 42.6 Å². The number of hydrogen-bond donors (Lipinski definition) is 11. The van der Waals surface area contributed by atoms with E-state index in [2.05, 4.69) is 57.6 Å². The molecule has 12 atom stereocenters. The Kier molecular flexibility index (Phi) is 28.2. The van der Waals surface area contributed by atoms with Crippen LogP contribution in [-0.2, 0) is 95.0 Å². The number of carboxylic acid groups (broad SMARTS) is 1. The highest BCUT2D eigenvalue weighted by atomic mass is 32.2. The Balaban J connectivity index is 0.924. The molecular formula is C86H106N14O17S. The number of sulfonamides is 1. The Morgan fingerprint density at radius 1 is 0.585 bits per heavy atom. The number of phenolic OH excluding ortho intramolecular Hbond substituents is 1. The van der Waals surface area contributed by atoms with Crippen LogP contribution < -0.4 is 56.7 Å². The van der Waals surface area contributed by atoms with Gasteiger partial charge in [-0.15, -0.1) is 5.10 Å². The predicted molar refractivity (Wildman–Crippen MR) is 438 cm³/mol. The Hall–Kier alpha value is -11.6. The average Bonchev–Trinajstić information content (AvgIpc) is 1.63. The summed E-state index contributed by atoms with van der Waals surface area (Å²) in [5, 5.41) is 53.4. The number of fused-ring (bicyclic) bond motifs is 1. The molecule has 14 rings (SSSR count). The Bertz CT molecular complexity index is 4930. The highest BCUT2D eigenvalue weighted by molar-refractivity contribution is 7.91. The summed E-state index contributed by atoms with van der Waals surface area (Å²) in [7, 11) is -0.998. The third-order valence-corrected chi connectivity index (χ3v) is 23.6. The number of nitrogens with zero attached hydrogens (tertiary/aromatic N) is 5. The largest absolute Gasteiger partial charge is 0.508 e. The smallest absolute Gasteiger partial charge is 0.326 e. The van der Waals surface area contributed by atoms with E-state index in [0.29, 0.717) is 52.3 Å². The molecule has 10 bridgehead atoms. The molecule has 32 heteroatoms. The molecule has 3 fully saturated rings. The number of nitrogens with one attached hydrogen (secondary N) is 9. The first-order chi connectivity index (χ1) is 56.1. The zero-order valence-corrected chi connectivity index (χ0v) is 68.7. The zero-order chi connectivity index (χ0) is 84.9. The lowest BCUT2D eigenvalue weighted by Crippen LogP contribution is -2.61. The SMILES string of the molecule is CN[C@@H](C)C(=O)N[C@H](C(=O)N1C[C@@H]2C[C@H]1C(=O)N[C@@H](Cc1ccc3ccccc3c1)C(=O)N[C@H](C(=O)O)Cc1ccc(cc1)OC/C=C\CO[C@H]1C[C@@H](C(=O)N[C@@H](Cc3ccc(-c4ccc(O)cc4)cc3)C(=O)N[C@H](C(=O)NS(=O)(=O)C3CC3)Cc3ccc(cc3)OCc3cn2nn3)N(C(=O)[C@@H](NC(=O)[C@H](C)NC)C(C)(C)C)C1)C(C)(C)C. The molecule has 0 radical (unpaired) electrons. The first-order valence-electron chi connectivity index (χ1n) is 39.6. The predicted octanol–water partition coefficient (Wildman–Crippen LogP) is 4.64. The lowest BCUT2D eigenvalue weighted by Gasteiger charge is -2.36. The second kappa shape index (κ2) is 38.2. The molecule has 7 aliphatic rings. The number of aromatic nitrogens is 3. The average molecular weight is 1640 g/mol. The molecule has 0 unspecified atom stereocenters. The summed E-state index contributed by atoms with van der Waals surface area (Å²) in [4.78, 5) is 149. The van der Waals surface area contributed by atoms with E-state index < -0.39 is 158 Å². The van der Waals surface area contributed by atoms with E-state index in [4.69, 9.17) is 14.2 Å². The van der Waals surface area contributed by atoms with Gasteiger partial charge in [0.05, 0.1) is 42.3 Å². The molecule has 1 aliphatic carbocycles. The van der Waals surface area contributed by atoms with Crippen LogP contribution >= 0.6 is 0 Å². The number of ether oxygens (including phenoxy) is 3. The molecule has 1 aromatic heterocycles. The molecule has 11 N–H and O–H groups in total. The molecule has 31 nitrogen and oxygen atoms in total. The molecule has 118 heavy (non-hydrogen) atoms. The second-order valence-corrected chi connectivity index (χ2v) is 34.8. The summed E-state index contributed by atoms with van der Waals surface area (Å²) in [6, 6.07) is 26.6. The number of carbonyl (C=O) groups is 10. The van der Waals surface area contributed by atoms with Crippen molar-refractivity contribution < 1.29 is 80.8 Å². The maximum atomic E-state index is 15.4. The molecule has 628 valence electrons. The summed E-state index contributed by atoms with van der Waals surface area (Å²) in [6.07, 6.45) is 3.89. The number of aromatic hydroxyl groups is 1. The molecule has 0 spiro atoms. The van der Waals surface area contributed by atoms with Gasteiger partial charge in [0.2, 0.25) is 57.3 Å². The molecule has 6 aliphatic heterocycles. The minimum Gasteiger partial charge on any atom is -0.508 e. The van der Waals surface area contributed by atoms with Gasteiger partial charge in [0.15, 0.2) is 0 Å². The van der Waals surface area contributed by atoms with Gasteiger partial charge in [-0.05, 0) is 138 Å². The van der Waals surface area contributed by atoms with Crippen molar-refractivity contribution >= 4 is 79.9 Å². The van der Waals surface area contributed by atoms with Crippen LogP contribution in [0.5, 0.6) is 17.2 Å². The summed E-state index contributed by atoms with van der Waals surface area (Å²) in [5.41, 5.74) is 2.14. The normalized spacial score (nSPS) is 22.2. The van der Waals surface area contributed by atoms with Gasteiger partial charge in [-0.1, -0.05) is 156 Å². The van der Waals surface area contributed by atoms with Crippen LogP contribution in [0.15, 0.2) is 158 Å². The number of aliphatic carboxylic acids is 1. The van der Waals surface area contributed by atoms with Gasteiger partial charge in [-0.2, -0.15) is 0 Å². The number of carboxylic acids is 1. The van der Waals surface area contributed by atoms with Crippen LogP contribution in [0.25, 0.3) is 21.9 Å². The van der Waals surface area contributed by atoms with Gasteiger partial charge < -0.3 is 76.8 Å². The maximum Gasteiger partial charge on any atom is 0.326 e. The minimum atomic E-state index is -4.20. The van der Waals surface area contributed by atoms with Crippen molar-refractivity contribution in [2.45, 2.75) is 191 Å². The van der Waals surface area contributed by atoms with E-state index in [-0.39, 0.29) is 77.2 Å². The number of likely N-dealkylation sites (tertiary alicyclic amines) is 2. The quantitative estimate of drug-likeness (QED) is 0.0553. The van der Waals surface area contributed by atoms with Crippen molar-refractivity contribution in [1.29, 1.82) is 0 Å². The fourth-order valence-corrected chi connectivity index (χ4v) is 15.7. The lowest BCUT2D eigenvalue weighted by atomic mass is 9.85. The van der Waals surface area contributed by atoms with Crippen molar-refractivity contribution in [2.24, 2.45) is 10.8 Å². The summed E-state index contributed by atoms with van der Waals surface area (Å²) in [5.74, 6) is -7.04. The molecule has 1 saturated carbocycles. The topological polar surface area (TPSA) is 418 Å². The number of amides is 9. The number of rotatable bonds is 17. The van der Waals surface area contributed by atoms with Gasteiger partial charge in [0.25, 0.3) is 5.91 Å². The van der Waals surface area contributed by atoms with Gasteiger partial charge in [0, 0.05) is 51.6 Å². The first kappa shape index (κ1) is 87.2. The standard InChI is InChI=1S/C86H106N14O17S/c1-50(87-9)75(102)93-73(85(3,4)5)82(109)98-47-61-44-71(98)80(107)91-68(43-55-19-26-56-15-11-12-16-59(56)39-55)78(105)92-70(84(111)112)42-54-20-31-63(32-21-54)115-37-13-14-38-116-65-45-72(99(48-65)83(110)74(86(6,7)8)94-76(103)51(2)88-10)81(108)90-67(40-52-17-24-57(25-18-52)58-27-29-62(101)30-28-58)77(104)89-69(79(106)96-118(113,114)66-35-36-66)41-53-22-33-64(34-23-53)117-49-60-46-100(61)97-95-60/h11-34,39,46,50-51,61,65-74,87-88,101H,35-38,40-45,47-49H2,1-10H3,(H,89,104)(H,90,108)(H,91,107)(H,92,105)(H,93,102)(H,94,103)(H,96,106)(H,111,112)/b14-13-/t50-,51-,61-,65-,67-,68-,69-,70-,71-,72-,73+,74+/m0/s1. The minimum absolute atomic E-state index is 0.0285. The van der Waals surface area contributed by atoms with Crippen LogP contribution in [-0.4, -0.2) is 215 Å². The highest BCUT2D eigenvalue weighted by Crippen LogP contribution is 2.34. The second-order valence-electron chi connectivity index (χ2n) is 32.8. The lowest BCUT2D eigenvalue weighted by molar-refractivity contribution is -0.145. The molecule has 9 amide bonds. The third kappa shape index (κ3) is 22.8. The van der Waals surface area contributed by atoms with Gasteiger partial charge >= 0.3 is 5.97 Å². The van der Waals surface area contributed by atoms with Gasteiger partial charge in [-0.3, -0.25) is 47.9 Å². The molecule has 6 aromatic carbocycles. The molecule has 2 saturated heterocycles. The van der Waals surface area contributed by atoms with Gasteiger partial charge in [0.1, 0.15) is 84.5 Å². The van der Waals surface area contributed by atoms with Crippen LogP contribution in [0.1, 0.15) is 115 Å². The summed E-state index contributed by atoms with van der Waals surface area (Å²) in [6.45, 7) is 13.5. The van der Waals surface area contributed by atoms with E-state index >= 15 is 24.0 Å². The van der Waals surface area contributed by atoms with Crippen LogP contribution in [0, 0.1) is 10.8 Å². The van der Waals surface area contributed by atoms with Crippen LogP contribution in [0.3, 0.4) is 0 Å². The van der Waals surface area contributed by atoms with Crippen molar-refractivity contribution in [2.75, 3.05) is 40.4 Å². The van der Waals surface area contributed by atoms with Crippen molar-refractivity contribution in [3.63, 3.8) is 0 Å². The number of phenols is 1. The van der Waals surface area contributed by atoms with Gasteiger partial charge in [-0.25, -0.2) is 17.9 Å². The fourth-order valence-electron chi connectivity index (χ4n) is 14.3. The zero-order valence-electron chi connectivity index (χ0n) is 67.9. The van der Waals surface area contributed by atoms with E-state index in [0.717, 1.165) is 21.9 Å². The Morgan fingerprint density at radius 3 is 1.64 bits per heavy atom. The van der Waals surface area contributed by atoms with Crippen molar-refractivity contribution in [3.8, 4) is 28.4 Å². The Labute approximate surface area is 686 Å². The fraction of sp³-hybridized carbons (Fsp3) is 0.442. The molecule has 7 aromatic rings. The number of benzene rings is 6. The third-order valence-electron chi connectivity index (χ3n) is 21.7. The van der Waals surface area contributed by atoms with Crippen molar-refractivity contribution in [3.05, 3.63) is 186 Å². The van der Waals surface area contributed by atoms with E-state index in [1.54, 1.807) is 185 Å². The van der Waals surface area contributed by atoms with E-state index in [1.165, 1.54) is 14.5 Å². The maximum absolute atomic E-state index is 15.4. The number of hydrogen-bond acceptors (Lipinski definition) is 20.